The van der Waals surface area contributed by atoms with Crippen LogP contribution in [0.2, 0.25) is 5.02 Å². The van der Waals surface area contributed by atoms with Crippen LogP contribution in [0.5, 0.6) is 5.75 Å². The molecule has 4 aliphatic rings. The average molecular weight is 1670 g/mol. The highest BCUT2D eigenvalue weighted by atomic mass is 35.5. The third kappa shape index (κ3) is 24.0. The van der Waals surface area contributed by atoms with Gasteiger partial charge in [-0.3, -0.25) is 33.4 Å². The van der Waals surface area contributed by atoms with Crippen molar-refractivity contribution in [3.63, 3.8) is 0 Å². The summed E-state index contributed by atoms with van der Waals surface area (Å²) in [6.07, 6.45) is 7.30. The van der Waals surface area contributed by atoms with Crippen LogP contribution in [-0.2, 0) is 53.9 Å². The van der Waals surface area contributed by atoms with Crippen LogP contribution in [0.15, 0.2) is 286 Å². The molecule has 4 aliphatic heterocycles. The molecule has 0 fully saturated rings. The minimum absolute atomic E-state index is 0. The Morgan fingerprint density at radius 1 is 0.443 bits per heavy atom. The molecule has 19 rings (SSSR count). The zero-order valence-electron chi connectivity index (χ0n) is 67.8. The molecule has 0 saturated carbocycles. The largest absolute Gasteiger partial charge is 0.497 e. The number of likely N-dealkylation sites (N-methyl/N-ethyl adjacent to an activating group) is 4. The summed E-state index contributed by atoms with van der Waals surface area (Å²) < 4.78 is 24.6. The number of imidazole rings is 3. The minimum atomic E-state index is -0.209. The Bertz CT molecular complexity index is 6320. The van der Waals surface area contributed by atoms with Crippen LogP contribution in [0, 0.1) is 12.7 Å². The van der Waals surface area contributed by atoms with Gasteiger partial charge in [-0.15, -0.1) is 0 Å². The molecule has 0 unspecified atom stereocenters. The molecular weight excluding hydrogens is 1560 g/mol. The molecule has 640 valence electrons. The molecule has 11 heterocycles. The minimum Gasteiger partial charge on any atom is -0.497 e. The fourth-order valence-electron chi connectivity index (χ4n) is 12.8. The monoisotopic (exact) mass is 1670 g/mol. The van der Waals surface area contributed by atoms with E-state index in [4.69, 9.17) is 16.3 Å². The highest BCUT2D eigenvalue weighted by Crippen LogP contribution is 2.30. The second-order valence-corrected chi connectivity index (χ2v) is 28.7. The van der Waals surface area contributed by atoms with Crippen molar-refractivity contribution in [2.75, 3.05) is 82.7 Å². The molecule has 0 bridgehead atoms. The number of fused-ring (bicyclic) bond motifs is 10. The number of nitrogens with zero attached hydrogens (tertiary/aromatic N) is 11. The summed E-state index contributed by atoms with van der Waals surface area (Å²) in [5.41, 5.74) is 16.9. The summed E-state index contributed by atoms with van der Waals surface area (Å²) in [5.74, 6) is 4.90. The molecule has 0 atom stereocenters. The van der Waals surface area contributed by atoms with Crippen LogP contribution >= 0.6 is 11.6 Å². The Kier molecular flexibility index (Phi) is 34.1. The molecule has 8 aromatic carbocycles. The standard InChI is InChI=1S/C12H16N2O.C11H13ClN2.C11H13FN2.C11H9N3O.C11H14N2.C10H9NO.C9H9N3O.C8H8N2O.C7H7N3O.4CH4/c1-9-13-12-5-4-11(15-3)8-10(12)6-7-14(9)2;1-8-13-11-4-3-10(12)7-9(11)5-6-14(8)2;1-8-13-11-9(6-7-14(8)2)4-3-5-10(11)12;1-14-9-6-12-8-5-3-2-4-7(8)10(9)13-11(14)15;1-9-12-11-6-4-3-5-10(11)7-8-13(9)2;1-7-6-8-4-2-3-5-9(8)11-10(7)12;1-12-9(13)10-8(11-12)7-5-3-2-4-6-7;1-10-7-5-3-2-4-6(7)9-8(10)11;1-10-5-3-2-4-8-6(5)9-7(10)11;;;;/h4-5,8,13H,1,6-7H2,2-3H3;3-4,7,13H,1,5-6H2,2H3;3-5,13H,1,6-7H2,2H3;2-6H,1H3,(H,13,15);3-6,12H,1,7-8H2,2H3;2-6H,1H3,(H,11,12);2-6H,1H3,(H,10,11,13);2-5H,1H3,(H,9,11);2-4H,1H3,(H,8,9,11);4*1H4. The Labute approximate surface area is 716 Å². The van der Waals surface area contributed by atoms with E-state index in [1.807, 2.05) is 191 Å². The Morgan fingerprint density at radius 2 is 0.951 bits per heavy atom. The van der Waals surface area contributed by atoms with Crippen molar-refractivity contribution in [3.05, 3.63) is 353 Å². The molecule has 0 saturated heterocycles. The highest BCUT2D eigenvalue weighted by Gasteiger charge is 2.18. The van der Waals surface area contributed by atoms with Gasteiger partial charge < -0.3 is 60.6 Å². The maximum Gasteiger partial charge on any atom is 0.343 e. The van der Waals surface area contributed by atoms with Gasteiger partial charge in [0.1, 0.15) is 11.6 Å². The number of anilines is 4. The van der Waals surface area contributed by atoms with Crippen LogP contribution in [0.25, 0.3) is 66.4 Å². The molecule has 28 heteroatoms. The summed E-state index contributed by atoms with van der Waals surface area (Å²) in [5, 5.41) is 19.8. The summed E-state index contributed by atoms with van der Waals surface area (Å²) in [4.78, 5) is 86.0. The van der Waals surface area contributed by atoms with Crippen LogP contribution < -0.4 is 54.3 Å². The lowest BCUT2D eigenvalue weighted by Crippen LogP contribution is -2.21. The predicted octanol–water partition coefficient (Wildman–Crippen LogP) is 16.7. The van der Waals surface area contributed by atoms with Crippen LogP contribution in [-0.4, -0.2) is 139 Å². The summed E-state index contributed by atoms with van der Waals surface area (Å²) in [6.45, 7) is 21.4. The quantitative estimate of drug-likeness (QED) is 0.0777. The molecule has 26 nitrogen and oxygen atoms in total. The van der Waals surface area contributed by atoms with Gasteiger partial charge >= 0.3 is 22.8 Å². The number of rotatable bonds is 2. The molecule has 7 aromatic heterocycles. The van der Waals surface area contributed by atoms with Gasteiger partial charge in [-0.2, -0.15) is 5.10 Å². The number of para-hydroxylation sites is 6. The lowest BCUT2D eigenvalue weighted by Gasteiger charge is -2.18. The second kappa shape index (κ2) is 43.9. The first-order valence-electron chi connectivity index (χ1n) is 38.0. The van der Waals surface area contributed by atoms with E-state index in [-0.39, 0.29) is 63.8 Å². The van der Waals surface area contributed by atoms with Gasteiger partial charge in [0.25, 0.3) is 5.56 Å². The van der Waals surface area contributed by atoms with Crippen molar-refractivity contribution < 1.29 is 9.13 Å². The number of aromatic amines is 5. The third-order valence-electron chi connectivity index (χ3n) is 20.2. The summed E-state index contributed by atoms with van der Waals surface area (Å²) in [6, 6.07) is 63.7. The van der Waals surface area contributed by atoms with Gasteiger partial charge in [0.15, 0.2) is 11.5 Å². The summed E-state index contributed by atoms with van der Waals surface area (Å²) >= 11 is 5.94. The fraction of sp³-hybridized carbons (Fsp3) is 0.234. The fourth-order valence-corrected chi connectivity index (χ4v) is 13.0. The number of methoxy groups -OCH3 is 1. The van der Waals surface area contributed by atoms with Gasteiger partial charge in [-0.1, -0.05) is 177 Å². The van der Waals surface area contributed by atoms with E-state index in [0.717, 1.165) is 163 Å². The van der Waals surface area contributed by atoms with Gasteiger partial charge in [0.05, 0.1) is 75.4 Å². The number of hydrogen-bond donors (Lipinski definition) is 9. The maximum absolute atomic E-state index is 13.4. The molecular formula is C94H114ClFN20O6. The van der Waals surface area contributed by atoms with Gasteiger partial charge in [0, 0.05) is 133 Å². The van der Waals surface area contributed by atoms with Crippen molar-refractivity contribution in [2.45, 2.75) is 62.3 Å². The van der Waals surface area contributed by atoms with Crippen LogP contribution in [0.4, 0.5) is 27.1 Å². The molecule has 15 aromatic rings. The number of aromatic nitrogens is 12. The number of pyridine rings is 3. The molecule has 0 aliphatic carbocycles. The molecule has 0 radical (unpaired) electrons. The zero-order valence-corrected chi connectivity index (χ0v) is 68.6. The predicted molar refractivity (Wildman–Crippen MR) is 503 cm³/mol. The van der Waals surface area contributed by atoms with E-state index in [0.29, 0.717) is 17.2 Å². The lowest BCUT2D eigenvalue weighted by molar-refractivity contribution is 0.413. The number of aryl methyl sites for hydroxylation is 5. The highest BCUT2D eigenvalue weighted by molar-refractivity contribution is 6.30. The SMILES string of the molecule is C.C.C.C.C=C1Nc2c(F)cccc2CCN1C.C=C1Nc2ccc(Cl)cc2CCN1C.C=C1Nc2ccc(OC)cc2CCN1C.C=C1Nc2ccccc2CCN1C.Cc1cc2ccccc2[nH]c1=O.Cn1c(=O)[nH]c2c3ccccc3ncc21.Cn1c(=O)[nH]c2ccccc21.Cn1c(=O)[nH]c2ncccc21.Cn1nc(-c2ccccc2)[nH]c1=O. The van der Waals surface area contributed by atoms with Crippen molar-refractivity contribution in [3.8, 4) is 17.1 Å². The third-order valence-corrected chi connectivity index (χ3v) is 20.4. The Hall–Kier alpha value is -14.3. The van der Waals surface area contributed by atoms with Gasteiger partial charge in [-0.05, 0) is 151 Å². The Balaban J connectivity index is 0.000000188. The van der Waals surface area contributed by atoms with Crippen LogP contribution in [0.1, 0.15) is 57.5 Å². The number of benzene rings is 8. The number of H-pyrrole nitrogens is 5. The lowest BCUT2D eigenvalue weighted by atomic mass is 10.1. The average Bonchev–Trinajstić information content (AvgIpc) is 1.62. The number of halogens is 2. The van der Waals surface area contributed by atoms with Crippen molar-refractivity contribution in [1.29, 1.82) is 0 Å². The van der Waals surface area contributed by atoms with E-state index in [2.05, 4.69) is 134 Å². The first-order valence-corrected chi connectivity index (χ1v) is 38.4. The van der Waals surface area contributed by atoms with E-state index >= 15 is 0 Å². The van der Waals surface area contributed by atoms with E-state index in [9.17, 15) is 28.4 Å². The molecule has 122 heavy (non-hydrogen) atoms. The van der Waals surface area contributed by atoms with E-state index in [1.165, 1.54) is 37.7 Å². The first-order chi connectivity index (χ1) is 56.7. The first kappa shape index (κ1) is 94.8. The number of hydrogen-bond acceptors (Lipinski definition) is 17. The number of ether oxygens (including phenoxy) is 1. The molecule has 0 amide bonds. The van der Waals surface area contributed by atoms with Gasteiger partial charge in [0.2, 0.25) is 0 Å². The molecule has 9 N–H and O–H groups in total. The van der Waals surface area contributed by atoms with E-state index in [1.54, 1.807) is 69.0 Å². The molecule has 0 spiro atoms. The van der Waals surface area contributed by atoms with Crippen molar-refractivity contribution in [1.82, 2.24) is 78.0 Å². The topological polar surface area (TPSA) is 293 Å². The number of nitrogens with one attached hydrogen (secondary N) is 9. The second-order valence-electron chi connectivity index (χ2n) is 28.3. The van der Waals surface area contributed by atoms with Crippen molar-refractivity contribution >= 4 is 89.4 Å². The Morgan fingerprint density at radius 3 is 1.58 bits per heavy atom. The smallest absolute Gasteiger partial charge is 0.343 e. The van der Waals surface area contributed by atoms with Crippen LogP contribution in [0.3, 0.4) is 0 Å². The summed E-state index contributed by atoms with van der Waals surface area (Å²) in [7, 11) is 16.6. The maximum atomic E-state index is 13.4. The van der Waals surface area contributed by atoms with Gasteiger partial charge in [-0.25, -0.2) is 33.2 Å². The zero-order chi connectivity index (χ0) is 84.3. The normalized spacial score (nSPS) is 12.7. The van der Waals surface area contributed by atoms with Crippen molar-refractivity contribution in [2.24, 2.45) is 28.2 Å². The van der Waals surface area contributed by atoms with E-state index < -0.39 is 0 Å².